The fourth-order valence-corrected chi connectivity index (χ4v) is 1.19. The maximum atomic E-state index is 13.3. The molecule has 4 heteroatoms. The van der Waals surface area contributed by atoms with E-state index in [0.717, 1.165) is 0 Å². The van der Waals surface area contributed by atoms with Crippen molar-refractivity contribution in [2.45, 2.75) is 32.4 Å². The summed E-state index contributed by atoms with van der Waals surface area (Å²) in [6.45, 7) is 5.10. The SMILES string of the molecule is CC(Nc1cc(Cl)ccc1F)C(C)(C)O. The van der Waals surface area contributed by atoms with E-state index in [1.165, 1.54) is 18.2 Å². The van der Waals surface area contributed by atoms with Gasteiger partial charge in [-0.2, -0.15) is 0 Å². The zero-order valence-corrected chi connectivity index (χ0v) is 9.77. The highest BCUT2D eigenvalue weighted by molar-refractivity contribution is 6.30. The second kappa shape index (κ2) is 4.37. The standard InChI is InChI=1S/C11H15ClFNO/c1-7(11(2,3)15)14-10-6-8(12)4-5-9(10)13/h4-7,14-15H,1-3H3. The Kier molecular flexibility index (Phi) is 3.58. The molecule has 84 valence electrons. The predicted octanol–water partition coefficient (Wildman–Crippen LogP) is 3.05. The van der Waals surface area contributed by atoms with Gasteiger partial charge in [0.15, 0.2) is 0 Å². The van der Waals surface area contributed by atoms with Crippen LogP contribution in [0.5, 0.6) is 0 Å². The van der Waals surface area contributed by atoms with Crippen LogP contribution < -0.4 is 5.32 Å². The van der Waals surface area contributed by atoms with E-state index in [2.05, 4.69) is 5.32 Å². The minimum atomic E-state index is -0.922. The van der Waals surface area contributed by atoms with Gasteiger partial charge >= 0.3 is 0 Å². The first-order valence-corrected chi connectivity index (χ1v) is 5.12. The zero-order chi connectivity index (χ0) is 11.6. The van der Waals surface area contributed by atoms with Crippen molar-refractivity contribution >= 4 is 17.3 Å². The minimum absolute atomic E-state index is 0.273. The lowest BCUT2D eigenvalue weighted by molar-refractivity contribution is 0.0648. The third-order valence-electron chi connectivity index (χ3n) is 2.36. The first-order valence-electron chi connectivity index (χ1n) is 4.74. The maximum Gasteiger partial charge on any atom is 0.146 e. The summed E-state index contributed by atoms with van der Waals surface area (Å²) in [5, 5.41) is 13.0. The Bertz CT molecular complexity index is 349. The number of halogens is 2. The lowest BCUT2D eigenvalue weighted by atomic mass is 10.0. The topological polar surface area (TPSA) is 32.3 Å². The Morgan fingerprint density at radius 3 is 2.60 bits per heavy atom. The number of hydrogen-bond acceptors (Lipinski definition) is 2. The van der Waals surface area contributed by atoms with E-state index in [1.807, 2.05) is 0 Å². The van der Waals surface area contributed by atoms with Crippen molar-refractivity contribution in [2.24, 2.45) is 0 Å². The van der Waals surface area contributed by atoms with Gasteiger partial charge in [0.25, 0.3) is 0 Å². The van der Waals surface area contributed by atoms with Crippen LogP contribution in [0.1, 0.15) is 20.8 Å². The Morgan fingerprint density at radius 2 is 2.07 bits per heavy atom. The van der Waals surface area contributed by atoms with Crippen molar-refractivity contribution in [3.8, 4) is 0 Å². The van der Waals surface area contributed by atoms with Crippen LogP contribution >= 0.6 is 11.6 Å². The predicted molar refractivity (Wildman–Crippen MR) is 60.8 cm³/mol. The molecule has 0 amide bonds. The molecule has 1 aromatic rings. The van der Waals surface area contributed by atoms with E-state index in [9.17, 15) is 9.50 Å². The molecule has 0 aliphatic rings. The van der Waals surface area contributed by atoms with Gasteiger partial charge in [-0.1, -0.05) is 11.6 Å². The van der Waals surface area contributed by atoms with E-state index in [-0.39, 0.29) is 11.9 Å². The van der Waals surface area contributed by atoms with Crippen molar-refractivity contribution in [3.05, 3.63) is 29.0 Å². The Morgan fingerprint density at radius 1 is 1.47 bits per heavy atom. The first-order chi connectivity index (χ1) is 6.80. The van der Waals surface area contributed by atoms with E-state index in [4.69, 9.17) is 11.6 Å². The van der Waals surface area contributed by atoms with Crippen LogP contribution in [0.3, 0.4) is 0 Å². The number of nitrogens with one attached hydrogen (secondary N) is 1. The van der Waals surface area contributed by atoms with Crippen molar-refractivity contribution in [1.82, 2.24) is 0 Å². The van der Waals surface area contributed by atoms with Gasteiger partial charge in [-0.15, -0.1) is 0 Å². The second-order valence-corrected chi connectivity index (χ2v) is 4.58. The maximum absolute atomic E-state index is 13.3. The van der Waals surface area contributed by atoms with E-state index in [0.29, 0.717) is 10.7 Å². The molecule has 0 saturated heterocycles. The summed E-state index contributed by atoms with van der Waals surface area (Å²) in [6.07, 6.45) is 0. The largest absolute Gasteiger partial charge is 0.388 e. The van der Waals surface area contributed by atoms with Gasteiger partial charge in [0, 0.05) is 5.02 Å². The number of rotatable bonds is 3. The minimum Gasteiger partial charge on any atom is -0.388 e. The average molecular weight is 232 g/mol. The van der Waals surface area contributed by atoms with E-state index >= 15 is 0 Å². The molecule has 0 aliphatic carbocycles. The van der Waals surface area contributed by atoms with Crippen molar-refractivity contribution in [1.29, 1.82) is 0 Å². The quantitative estimate of drug-likeness (QED) is 0.838. The van der Waals surface area contributed by atoms with Gasteiger partial charge in [-0.3, -0.25) is 0 Å². The lowest BCUT2D eigenvalue weighted by Gasteiger charge is -2.27. The summed E-state index contributed by atoms with van der Waals surface area (Å²) >= 11 is 5.75. The monoisotopic (exact) mass is 231 g/mol. The molecule has 0 radical (unpaired) electrons. The first kappa shape index (κ1) is 12.3. The number of aliphatic hydroxyl groups is 1. The van der Waals surface area contributed by atoms with E-state index in [1.54, 1.807) is 20.8 Å². The van der Waals surface area contributed by atoms with Crippen LogP contribution in [0.4, 0.5) is 10.1 Å². The summed E-state index contributed by atoms with van der Waals surface area (Å²) in [5.41, 5.74) is -0.619. The van der Waals surface area contributed by atoms with Crippen LogP contribution in [0.15, 0.2) is 18.2 Å². The van der Waals surface area contributed by atoms with Gasteiger partial charge < -0.3 is 10.4 Å². The zero-order valence-electron chi connectivity index (χ0n) is 9.01. The molecule has 0 bridgehead atoms. The lowest BCUT2D eigenvalue weighted by Crippen LogP contribution is -2.39. The van der Waals surface area contributed by atoms with Gasteiger partial charge in [0.2, 0.25) is 0 Å². The molecule has 1 atom stereocenters. The highest BCUT2D eigenvalue weighted by Gasteiger charge is 2.22. The molecular formula is C11H15ClFNO. The molecule has 2 N–H and O–H groups in total. The second-order valence-electron chi connectivity index (χ2n) is 4.14. The molecule has 1 rings (SSSR count). The summed E-state index contributed by atoms with van der Waals surface area (Å²) in [5.74, 6) is -0.379. The average Bonchev–Trinajstić information content (AvgIpc) is 2.09. The van der Waals surface area contributed by atoms with Crippen LogP contribution in [-0.4, -0.2) is 16.7 Å². The molecule has 15 heavy (non-hydrogen) atoms. The van der Waals surface area contributed by atoms with Gasteiger partial charge in [0.05, 0.1) is 17.3 Å². The van der Waals surface area contributed by atoms with Gasteiger partial charge in [-0.25, -0.2) is 4.39 Å². The van der Waals surface area contributed by atoms with Crippen molar-refractivity contribution in [3.63, 3.8) is 0 Å². The highest BCUT2D eigenvalue weighted by atomic mass is 35.5. The van der Waals surface area contributed by atoms with Crippen molar-refractivity contribution in [2.75, 3.05) is 5.32 Å². The third kappa shape index (κ3) is 3.36. The van der Waals surface area contributed by atoms with Gasteiger partial charge in [-0.05, 0) is 39.0 Å². The molecular weight excluding hydrogens is 217 g/mol. The molecule has 0 aliphatic heterocycles. The Labute approximate surface area is 94.1 Å². The summed E-state index contributed by atoms with van der Waals surface area (Å²) in [6, 6.07) is 4.00. The molecule has 0 fully saturated rings. The fraction of sp³-hybridized carbons (Fsp3) is 0.455. The fourth-order valence-electron chi connectivity index (χ4n) is 1.02. The molecule has 0 aromatic heterocycles. The molecule has 0 saturated carbocycles. The van der Waals surface area contributed by atoms with Crippen LogP contribution in [-0.2, 0) is 0 Å². The van der Waals surface area contributed by atoms with Crippen LogP contribution in [0.25, 0.3) is 0 Å². The molecule has 0 heterocycles. The Balaban J connectivity index is 2.85. The number of hydrogen-bond donors (Lipinski definition) is 2. The number of benzene rings is 1. The molecule has 2 nitrogen and oxygen atoms in total. The molecule has 1 aromatic carbocycles. The molecule has 1 unspecified atom stereocenters. The smallest absolute Gasteiger partial charge is 0.146 e. The summed E-state index contributed by atoms with van der Waals surface area (Å²) in [4.78, 5) is 0. The van der Waals surface area contributed by atoms with E-state index < -0.39 is 5.60 Å². The van der Waals surface area contributed by atoms with Crippen LogP contribution in [0.2, 0.25) is 5.02 Å². The summed E-state index contributed by atoms with van der Waals surface area (Å²) < 4.78 is 13.3. The third-order valence-corrected chi connectivity index (χ3v) is 2.60. The van der Waals surface area contributed by atoms with Crippen LogP contribution in [0, 0.1) is 5.82 Å². The summed E-state index contributed by atoms with van der Waals surface area (Å²) in [7, 11) is 0. The molecule has 0 spiro atoms. The number of anilines is 1. The Hall–Kier alpha value is -0.800. The van der Waals surface area contributed by atoms with Crippen molar-refractivity contribution < 1.29 is 9.50 Å². The highest BCUT2D eigenvalue weighted by Crippen LogP contribution is 2.22. The normalized spacial score (nSPS) is 13.7. The van der Waals surface area contributed by atoms with Gasteiger partial charge in [0.1, 0.15) is 5.82 Å².